The summed E-state index contributed by atoms with van der Waals surface area (Å²) in [6.07, 6.45) is 3.60. The largest absolute Gasteiger partial charge is 0.490 e. The number of benzene rings is 1. The lowest BCUT2D eigenvalue weighted by Gasteiger charge is -2.20. The summed E-state index contributed by atoms with van der Waals surface area (Å²) in [5, 5.41) is 0.756. The molecule has 1 heterocycles. The van der Waals surface area contributed by atoms with Crippen molar-refractivity contribution in [3.05, 3.63) is 38.8 Å². The number of amides is 1. The average Bonchev–Trinajstić information content (AvgIpc) is 2.89. The molecule has 1 aromatic rings. The molecule has 1 amide bonds. The van der Waals surface area contributed by atoms with Gasteiger partial charge in [0.2, 0.25) is 0 Å². The Labute approximate surface area is 185 Å². The Morgan fingerprint density at radius 3 is 2.57 bits per heavy atom. The van der Waals surface area contributed by atoms with Crippen molar-refractivity contribution in [1.29, 1.82) is 0 Å². The lowest BCUT2D eigenvalue weighted by atomic mass is 10.1. The highest BCUT2D eigenvalue weighted by atomic mass is 127. The van der Waals surface area contributed by atoms with Gasteiger partial charge in [-0.2, -0.15) is 0 Å². The number of hydrogen-bond acceptors (Lipinski definition) is 5. The maximum Gasteiger partial charge on any atom is 0.266 e. The molecule has 152 valence electrons. The zero-order valence-corrected chi connectivity index (χ0v) is 20.0. The zero-order valence-electron chi connectivity index (χ0n) is 17.0. The Hall–Kier alpha value is -1.48. The van der Waals surface area contributed by atoms with E-state index in [1.807, 2.05) is 52.8 Å². The van der Waals surface area contributed by atoms with Crippen LogP contribution < -0.4 is 9.47 Å². The SMILES string of the molecule is C=CCOc1c(I)cc(/C=C2/SC(=NC(C)C)N(C(C)C)C2=O)cc1OCC. The van der Waals surface area contributed by atoms with E-state index in [-0.39, 0.29) is 18.0 Å². The molecule has 1 aliphatic rings. The van der Waals surface area contributed by atoms with Crippen LogP contribution in [-0.4, -0.2) is 41.3 Å². The number of thioether (sulfide) groups is 1. The number of carbonyl (C=O) groups excluding carboxylic acids is 1. The third kappa shape index (κ3) is 5.53. The van der Waals surface area contributed by atoms with Crippen LogP contribution in [0.25, 0.3) is 6.08 Å². The molecule has 0 radical (unpaired) electrons. The molecular formula is C21H27IN2O3S. The zero-order chi connectivity index (χ0) is 20.8. The predicted octanol–water partition coefficient (Wildman–Crippen LogP) is 5.34. The van der Waals surface area contributed by atoms with E-state index in [2.05, 4.69) is 34.2 Å². The van der Waals surface area contributed by atoms with Crippen molar-refractivity contribution in [3.8, 4) is 11.5 Å². The van der Waals surface area contributed by atoms with Gasteiger partial charge in [-0.1, -0.05) is 12.7 Å². The quantitative estimate of drug-likeness (QED) is 0.267. The first kappa shape index (κ1) is 22.8. The first-order chi connectivity index (χ1) is 13.3. The lowest BCUT2D eigenvalue weighted by molar-refractivity contribution is -0.123. The van der Waals surface area contributed by atoms with Crippen LogP contribution in [0.2, 0.25) is 0 Å². The Bertz CT molecular complexity index is 803. The second-order valence-electron chi connectivity index (χ2n) is 6.75. The summed E-state index contributed by atoms with van der Waals surface area (Å²) < 4.78 is 12.4. The van der Waals surface area contributed by atoms with Gasteiger partial charge in [-0.25, -0.2) is 0 Å². The second kappa shape index (κ2) is 10.3. The minimum absolute atomic E-state index is 0.0145. The Balaban J connectivity index is 2.43. The number of hydrogen-bond donors (Lipinski definition) is 0. The van der Waals surface area contributed by atoms with Crippen LogP contribution >= 0.6 is 34.4 Å². The number of rotatable bonds is 8. The van der Waals surface area contributed by atoms with Gasteiger partial charge in [-0.3, -0.25) is 14.7 Å². The van der Waals surface area contributed by atoms with E-state index >= 15 is 0 Å². The van der Waals surface area contributed by atoms with Crippen LogP contribution in [0.3, 0.4) is 0 Å². The Morgan fingerprint density at radius 1 is 1.29 bits per heavy atom. The van der Waals surface area contributed by atoms with Gasteiger partial charge in [-0.05, 0) is 92.7 Å². The van der Waals surface area contributed by atoms with E-state index in [0.717, 1.165) is 14.3 Å². The molecule has 1 saturated heterocycles. The van der Waals surface area contributed by atoms with Crippen molar-refractivity contribution < 1.29 is 14.3 Å². The van der Waals surface area contributed by atoms with Gasteiger partial charge in [0.1, 0.15) is 6.61 Å². The monoisotopic (exact) mass is 514 g/mol. The normalized spacial score (nSPS) is 17.3. The summed E-state index contributed by atoms with van der Waals surface area (Å²) in [6, 6.07) is 4.07. The maximum atomic E-state index is 12.9. The van der Waals surface area contributed by atoms with Crippen molar-refractivity contribution in [3.63, 3.8) is 0 Å². The fourth-order valence-corrected chi connectivity index (χ4v) is 4.63. The highest BCUT2D eigenvalue weighted by molar-refractivity contribution is 14.1. The number of carbonyl (C=O) groups is 1. The number of nitrogens with zero attached hydrogens (tertiary/aromatic N) is 2. The molecule has 0 spiro atoms. The molecule has 0 atom stereocenters. The molecule has 0 bridgehead atoms. The summed E-state index contributed by atoms with van der Waals surface area (Å²) in [4.78, 5) is 20.0. The molecule has 1 aliphatic heterocycles. The maximum absolute atomic E-state index is 12.9. The van der Waals surface area contributed by atoms with Crippen LogP contribution in [0.15, 0.2) is 34.7 Å². The third-order valence-electron chi connectivity index (χ3n) is 3.70. The van der Waals surface area contributed by atoms with Crippen LogP contribution in [0.4, 0.5) is 0 Å². The van der Waals surface area contributed by atoms with Gasteiger partial charge < -0.3 is 9.47 Å². The standard InChI is InChI=1S/C21H27IN2O3S/c1-7-9-27-19-16(22)10-15(11-17(19)26-8-2)12-18-20(25)24(14(5)6)21(28-18)23-13(3)4/h7,10-14H,1,8-9H2,2-6H3/b18-12+,23-21?. The summed E-state index contributed by atoms with van der Waals surface area (Å²) in [7, 11) is 0. The van der Waals surface area contributed by atoms with E-state index < -0.39 is 0 Å². The van der Waals surface area contributed by atoms with Crippen molar-refractivity contribution in [2.75, 3.05) is 13.2 Å². The van der Waals surface area contributed by atoms with Crippen LogP contribution in [-0.2, 0) is 4.79 Å². The number of aliphatic imine (C=N–C) groups is 1. The minimum atomic E-state index is -0.0145. The molecule has 1 fully saturated rings. The molecule has 0 saturated carbocycles. The molecule has 1 aromatic carbocycles. The summed E-state index contributed by atoms with van der Waals surface area (Å²) in [5.41, 5.74) is 0.893. The average molecular weight is 514 g/mol. The molecule has 0 unspecified atom stereocenters. The highest BCUT2D eigenvalue weighted by Gasteiger charge is 2.35. The van der Waals surface area contributed by atoms with E-state index in [1.54, 1.807) is 11.0 Å². The van der Waals surface area contributed by atoms with Gasteiger partial charge in [0.05, 0.1) is 15.1 Å². The smallest absolute Gasteiger partial charge is 0.266 e. The Morgan fingerprint density at radius 2 is 2.00 bits per heavy atom. The van der Waals surface area contributed by atoms with Crippen molar-refractivity contribution in [1.82, 2.24) is 4.90 Å². The van der Waals surface area contributed by atoms with Crippen molar-refractivity contribution >= 4 is 51.5 Å². The lowest BCUT2D eigenvalue weighted by Crippen LogP contribution is -2.35. The Kier molecular flexibility index (Phi) is 8.42. The molecule has 5 nitrogen and oxygen atoms in total. The molecule has 7 heteroatoms. The number of halogens is 1. The second-order valence-corrected chi connectivity index (χ2v) is 8.92. The van der Waals surface area contributed by atoms with E-state index in [1.165, 1.54) is 11.8 Å². The van der Waals surface area contributed by atoms with E-state index in [0.29, 0.717) is 29.6 Å². The van der Waals surface area contributed by atoms with Gasteiger partial charge in [0.25, 0.3) is 5.91 Å². The predicted molar refractivity (Wildman–Crippen MR) is 126 cm³/mol. The van der Waals surface area contributed by atoms with Gasteiger partial charge in [-0.15, -0.1) is 0 Å². The molecule has 0 aromatic heterocycles. The molecular weight excluding hydrogens is 487 g/mol. The first-order valence-electron chi connectivity index (χ1n) is 9.29. The summed E-state index contributed by atoms with van der Waals surface area (Å²) in [5.74, 6) is 1.34. The van der Waals surface area contributed by atoms with Crippen LogP contribution in [0.5, 0.6) is 11.5 Å². The fourth-order valence-electron chi connectivity index (χ4n) is 2.62. The highest BCUT2D eigenvalue weighted by Crippen LogP contribution is 2.38. The van der Waals surface area contributed by atoms with E-state index in [9.17, 15) is 4.79 Å². The molecule has 0 N–H and O–H groups in total. The van der Waals surface area contributed by atoms with Crippen molar-refractivity contribution in [2.24, 2.45) is 4.99 Å². The number of ether oxygens (including phenoxy) is 2. The van der Waals surface area contributed by atoms with E-state index in [4.69, 9.17) is 9.47 Å². The fraction of sp³-hybridized carbons (Fsp3) is 0.429. The van der Waals surface area contributed by atoms with Crippen LogP contribution in [0.1, 0.15) is 40.2 Å². The van der Waals surface area contributed by atoms with Gasteiger partial charge >= 0.3 is 0 Å². The number of amidine groups is 1. The molecule has 2 rings (SSSR count). The summed E-state index contributed by atoms with van der Waals surface area (Å²) in [6.45, 7) is 14.6. The third-order valence-corrected chi connectivity index (χ3v) is 5.50. The minimum Gasteiger partial charge on any atom is -0.490 e. The van der Waals surface area contributed by atoms with Crippen LogP contribution in [0, 0.1) is 3.57 Å². The first-order valence-corrected chi connectivity index (χ1v) is 11.2. The topological polar surface area (TPSA) is 51.1 Å². The van der Waals surface area contributed by atoms with Gasteiger partial charge in [0.15, 0.2) is 16.7 Å². The van der Waals surface area contributed by atoms with Gasteiger partial charge in [0, 0.05) is 12.1 Å². The summed E-state index contributed by atoms with van der Waals surface area (Å²) >= 11 is 3.64. The van der Waals surface area contributed by atoms with Crippen molar-refractivity contribution in [2.45, 2.75) is 46.7 Å². The molecule has 0 aliphatic carbocycles. The molecule has 28 heavy (non-hydrogen) atoms.